The van der Waals surface area contributed by atoms with Gasteiger partial charge in [0, 0.05) is 30.4 Å². The molecule has 0 radical (unpaired) electrons. The predicted octanol–water partition coefficient (Wildman–Crippen LogP) is 4.01. The van der Waals surface area contributed by atoms with E-state index < -0.39 is 11.5 Å². The maximum absolute atomic E-state index is 13.3. The maximum Gasteiger partial charge on any atom is 0.269 e. The highest BCUT2D eigenvalue weighted by Crippen LogP contribution is 2.26. The molecule has 0 saturated carbocycles. The first-order valence-electron chi connectivity index (χ1n) is 10.4. The van der Waals surface area contributed by atoms with E-state index in [1.165, 1.54) is 10.5 Å². The lowest BCUT2D eigenvalue weighted by Gasteiger charge is -2.11. The number of carbonyl (C=O) groups is 1. The van der Waals surface area contributed by atoms with Gasteiger partial charge < -0.3 is 14.8 Å². The van der Waals surface area contributed by atoms with Gasteiger partial charge in [0.1, 0.15) is 28.6 Å². The fourth-order valence-electron chi connectivity index (χ4n) is 3.02. The number of nitrogens with zero attached hydrogens (tertiary/aromatic N) is 3. The van der Waals surface area contributed by atoms with Gasteiger partial charge >= 0.3 is 0 Å². The van der Waals surface area contributed by atoms with Gasteiger partial charge in [-0.2, -0.15) is 10.2 Å². The van der Waals surface area contributed by atoms with Crippen LogP contribution in [0.15, 0.2) is 57.4 Å². The predicted molar refractivity (Wildman–Crippen MR) is 128 cm³/mol. The Balaban J connectivity index is 2.02. The molecule has 33 heavy (non-hydrogen) atoms. The topological polar surface area (TPSA) is 106 Å². The third-order valence-corrected chi connectivity index (χ3v) is 5.22. The summed E-state index contributed by atoms with van der Waals surface area (Å²) in [6.07, 6.45) is 3.41. The molecule has 1 amide bonds. The molecule has 170 valence electrons. The minimum absolute atomic E-state index is 0.00188. The Bertz CT molecular complexity index is 1280. The summed E-state index contributed by atoms with van der Waals surface area (Å²) < 4.78 is 13.4. The van der Waals surface area contributed by atoms with E-state index in [0.717, 1.165) is 10.0 Å². The van der Waals surface area contributed by atoms with E-state index in [0.29, 0.717) is 37.6 Å². The zero-order chi connectivity index (χ0) is 23.8. The SMILES string of the molecule is CCOCCCNC(=O)C(C#N)=Cc1c(Oc2ccc(Br)cc2)nc2c(C)cccn2c1=O. The molecule has 0 aliphatic rings. The number of aromatic nitrogens is 2. The Morgan fingerprint density at radius 1 is 1.30 bits per heavy atom. The highest BCUT2D eigenvalue weighted by atomic mass is 79.9. The Hall–Kier alpha value is -3.48. The van der Waals surface area contributed by atoms with E-state index in [1.54, 1.807) is 36.5 Å². The van der Waals surface area contributed by atoms with Crippen molar-refractivity contribution in [3.8, 4) is 17.7 Å². The van der Waals surface area contributed by atoms with Crippen molar-refractivity contribution < 1.29 is 14.3 Å². The molecule has 3 rings (SSSR count). The van der Waals surface area contributed by atoms with Crippen LogP contribution in [0.3, 0.4) is 0 Å². The lowest BCUT2D eigenvalue weighted by molar-refractivity contribution is -0.117. The molecular formula is C24H23BrN4O4. The van der Waals surface area contributed by atoms with Crippen molar-refractivity contribution in [2.45, 2.75) is 20.3 Å². The molecule has 2 heterocycles. The zero-order valence-electron chi connectivity index (χ0n) is 18.3. The molecule has 3 aromatic rings. The number of ether oxygens (including phenoxy) is 2. The number of hydrogen-bond donors (Lipinski definition) is 1. The normalized spacial score (nSPS) is 11.3. The fraction of sp³-hybridized carbons (Fsp3) is 0.250. The molecule has 1 N–H and O–H groups in total. The van der Waals surface area contributed by atoms with Crippen LogP contribution in [0.2, 0.25) is 0 Å². The van der Waals surface area contributed by atoms with Gasteiger partial charge in [-0.3, -0.25) is 14.0 Å². The van der Waals surface area contributed by atoms with Gasteiger partial charge in [0.05, 0.1) is 0 Å². The summed E-state index contributed by atoms with van der Waals surface area (Å²) in [4.78, 5) is 30.3. The van der Waals surface area contributed by atoms with E-state index in [9.17, 15) is 14.9 Å². The Kier molecular flexibility index (Phi) is 8.35. The monoisotopic (exact) mass is 510 g/mol. The number of aryl methyl sites for hydroxylation is 1. The quantitative estimate of drug-likeness (QED) is 0.265. The van der Waals surface area contributed by atoms with Crippen LogP contribution in [0.5, 0.6) is 11.6 Å². The van der Waals surface area contributed by atoms with Crippen molar-refractivity contribution in [3.05, 3.63) is 74.1 Å². The lowest BCUT2D eigenvalue weighted by atomic mass is 10.1. The van der Waals surface area contributed by atoms with Crippen molar-refractivity contribution in [1.29, 1.82) is 5.26 Å². The molecular weight excluding hydrogens is 488 g/mol. The Labute approximate surface area is 199 Å². The first-order chi connectivity index (χ1) is 15.9. The standard InChI is InChI=1S/C24H23BrN4O4/c1-3-32-13-5-11-27-22(30)17(15-26)14-20-23(33-19-9-7-18(25)8-10-19)28-21-16(2)6-4-12-29(21)24(20)31/h4,6-10,12,14H,3,5,11,13H2,1-2H3,(H,27,30). The third-order valence-electron chi connectivity index (χ3n) is 4.69. The number of hydrogen-bond acceptors (Lipinski definition) is 6. The number of amides is 1. The molecule has 1 aromatic carbocycles. The van der Waals surface area contributed by atoms with Crippen LogP contribution in [0.4, 0.5) is 0 Å². The number of fused-ring (bicyclic) bond motifs is 1. The maximum atomic E-state index is 13.3. The van der Waals surface area contributed by atoms with Crippen molar-refractivity contribution in [3.63, 3.8) is 0 Å². The van der Waals surface area contributed by atoms with Crippen LogP contribution >= 0.6 is 15.9 Å². The minimum atomic E-state index is -0.586. The van der Waals surface area contributed by atoms with Crippen LogP contribution in [-0.2, 0) is 9.53 Å². The van der Waals surface area contributed by atoms with Crippen LogP contribution in [0.25, 0.3) is 11.7 Å². The molecule has 0 saturated heterocycles. The molecule has 0 unspecified atom stereocenters. The van der Waals surface area contributed by atoms with Gasteiger partial charge in [0.2, 0.25) is 5.88 Å². The van der Waals surface area contributed by atoms with Gasteiger partial charge in [-0.15, -0.1) is 0 Å². The lowest BCUT2D eigenvalue weighted by Crippen LogP contribution is -2.27. The smallest absolute Gasteiger partial charge is 0.269 e. The van der Waals surface area contributed by atoms with Crippen LogP contribution in [-0.4, -0.2) is 35.1 Å². The molecule has 0 aliphatic heterocycles. The van der Waals surface area contributed by atoms with Crippen molar-refractivity contribution in [2.24, 2.45) is 0 Å². The van der Waals surface area contributed by atoms with Crippen molar-refractivity contribution >= 4 is 33.6 Å². The van der Waals surface area contributed by atoms with Crippen LogP contribution in [0, 0.1) is 18.3 Å². The first kappa shape index (κ1) is 24.2. The average Bonchev–Trinajstić information content (AvgIpc) is 2.81. The molecule has 0 fully saturated rings. The summed E-state index contributed by atoms with van der Waals surface area (Å²) in [6, 6.07) is 12.4. The van der Waals surface area contributed by atoms with Gasteiger partial charge in [-0.1, -0.05) is 22.0 Å². The van der Waals surface area contributed by atoms with E-state index >= 15 is 0 Å². The van der Waals surface area contributed by atoms with E-state index in [2.05, 4.69) is 26.2 Å². The second-order valence-electron chi connectivity index (χ2n) is 7.05. The largest absolute Gasteiger partial charge is 0.438 e. The zero-order valence-corrected chi connectivity index (χ0v) is 19.9. The second-order valence-corrected chi connectivity index (χ2v) is 7.97. The number of carbonyl (C=O) groups excluding carboxylic acids is 1. The molecule has 2 aromatic heterocycles. The summed E-state index contributed by atoms with van der Waals surface area (Å²) in [7, 11) is 0. The number of halogens is 1. The molecule has 0 aliphatic carbocycles. The molecule has 0 spiro atoms. The summed E-state index contributed by atoms with van der Waals surface area (Å²) >= 11 is 3.37. The molecule has 8 nitrogen and oxygen atoms in total. The van der Waals surface area contributed by atoms with E-state index in [1.807, 2.05) is 26.0 Å². The van der Waals surface area contributed by atoms with Crippen LogP contribution in [0.1, 0.15) is 24.5 Å². The highest BCUT2D eigenvalue weighted by molar-refractivity contribution is 9.10. The summed E-state index contributed by atoms with van der Waals surface area (Å²) in [6.45, 7) is 5.16. The van der Waals surface area contributed by atoms with Gasteiger partial charge in [-0.05, 0) is 62.2 Å². The number of rotatable bonds is 9. The van der Waals surface area contributed by atoms with Gasteiger partial charge in [0.15, 0.2) is 0 Å². The van der Waals surface area contributed by atoms with E-state index in [-0.39, 0.29) is 17.0 Å². The molecule has 9 heteroatoms. The third kappa shape index (κ3) is 6.06. The van der Waals surface area contributed by atoms with Crippen molar-refractivity contribution in [1.82, 2.24) is 14.7 Å². The first-order valence-corrected chi connectivity index (χ1v) is 11.2. The number of pyridine rings is 1. The number of benzene rings is 1. The van der Waals surface area contributed by atoms with Gasteiger partial charge in [-0.25, -0.2) is 0 Å². The highest BCUT2D eigenvalue weighted by Gasteiger charge is 2.18. The van der Waals surface area contributed by atoms with Gasteiger partial charge in [0.25, 0.3) is 11.5 Å². The Morgan fingerprint density at radius 3 is 2.76 bits per heavy atom. The summed E-state index contributed by atoms with van der Waals surface area (Å²) in [5.74, 6) is -0.123. The van der Waals surface area contributed by atoms with Crippen LogP contribution < -0.4 is 15.6 Å². The second kappa shape index (κ2) is 11.4. The molecule has 0 bridgehead atoms. The number of nitriles is 1. The number of nitrogens with one attached hydrogen (secondary N) is 1. The summed E-state index contributed by atoms with van der Waals surface area (Å²) in [5, 5.41) is 12.2. The van der Waals surface area contributed by atoms with E-state index in [4.69, 9.17) is 9.47 Å². The average molecular weight is 511 g/mol. The Morgan fingerprint density at radius 2 is 2.06 bits per heavy atom. The molecule has 0 atom stereocenters. The minimum Gasteiger partial charge on any atom is -0.438 e. The summed E-state index contributed by atoms with van der Waals surface area (Å²) in [5.41, 5.74) is 0.525. The van der Waals surface area contributed by atoms with Crippen molar-refractivity contribution in [2.75, 3.05) is 19.8 Å². The fourth-order valence-corrected chi connectivity index (χ4v) is 3.28.